The van der Waals surface area contributed by atoms with Gasteiger partial charge in [-0.3, -0.25) is 4.68 Å². The van der Waals surface area contributed by atoms with Gasteiger partial charge in [-0.1, -0.05) is 0 Å². The molecule has 1 aromatic heterocycles. The summed E-state index contributed by atoms with van der Waals surface area (Å²) >= 11 is 0. The van der Waals surface area contributed by atoms with Gasteiger partial charge >= 0.3 is 0 Å². The molecule has 1 N–H and O–H groups in total. The van der Waals surface area contributed by atoms with Crippen molar-refractivity contribution in [3.63, 3.8) is 0 Å². The highest BCUT2D eigenvalue weighted by Crippen LogP contribution is 2.11. The number of nitrogens with zero attached hydrogens (tertiary/aromatic N) is 2. The molecule has 1 unspecified atom stereocenters. The third-order valence-corrected chi connectivity index (χ3v) is 3.06. The van der Waals surface area contributed by atoms with Crippen LogP contribution in [0, 0.1) is 0 Å². The van der Waals surface area contributed by atoms with Crippen LogP contribution in [0.5, 0.6) is 0 Å². The fourth-order valence-corrected chi connectivity index (χ4v) is 2.09. The van der Waals surface area contributed by atoms with Gasteiger partial charge in [0.2, 0.25) is 0 Å². The number of ether oxygens (including phenoxy) is 2. The average molecular weight is 253 g/mol. The normalized spacial score (nSPS) is 19.5. The molecule has 0 aliphatic carbocycles. The summed E-state index contributed by atoms with van der Waals surface area (Å²) in [7, 11) is 1.93. The van der Waals surface area contributed by atoms with Gasteiger partial charge < -0.3 is 14.8 Å². The highest BCUT2D eigenvalue weighted by atomic mass is 16.5. The Bertz CT molecular complexity index is 335. The second kappa shape index (κ2) is 7.51. The molecule has 5 heteroatoms. The van der Waals surface area contributed by atoms with Gasteiger partial charge in [0.05, 0.1) is 18.9 Å². The van der Waals surface area contributed by atoms with Crippen LogP contribution in [0.4, 0.5) is 0 Å². The van der Waals surface area contributed by atoms with Crippen LogP contribution in [-0.4, -0.2) is 42.2 Å². The first-order chi connectivity index (χ1) is 8.84. The quantitative estimate of drug-likeness (QED) is 0.705. The van der Waals surface area contributed by atoms with Crippen LogP contribution in [0.15, 0.2) is 12.4 Å². The minimum atomic E-state index is 0.341. The molecule has 1 atom stereocenters. The van der Waals surface area contributed by atoms with Gasteiger partial charge in [-0.25, -0.2) is 0 Å². The Morgan fingerprint density at radius 2 is 2.56 bits per heavy atom. The van der Waals surface area contributed by atoms with Crippen LogP contribution in [0.1, 0.15) is 24.8 Å². The van der Waals surface area contributed by atoms with E-state index in [0.717, 1.165) is 45.8 Å². The van der Waals surface area contributed by atoms with Gasteiger partial charge in [-0.05, 0) is 25.8 Å². The summed E-state index contributed by atoms with van der Waals surface area (Å²) < 4.78 is 12.9. The zero-order valence-electron chi connectivity index (χ0n) is 11.1. The molecule has 0 amide bonds. The van der Waals surface area contributed by atoms with Gasteiger partial charge in [0.1, 0.15) is 0 Å². The summed E-state index contributed by atoms with van der Waals surface area (Å²) in [6.07, 6.45) is 7.63. The molecule has 0 aromatic carbocycles. The molecule has 102 valence electrons. The Morgan fingerprint density at radius 3 is 3.28 bits per heavy atom. The highest BCUT2D eigenvalue weighted by Gasteiger charge is 2.14. The largest absolute Gasteiger partial charge is 0.379 e. The van der Waals surface area contributed by atoms with Gasteiger partial charge in [-0.2, -0.15) is 5.10 Å². The molecular weight excluding hydrogens is 230 g/mol. The second-order valence-corrected chi connectivity index (χ2v) is 4.76. The fourth-order valence-electron chi connectivity index (χ4n) is 2.09. The molecule has 0 radical (unpaired) electrons. The monoisotopic (exact) mass is 253 g/mol. The third kappa shape index (κ3) is 4.76. The van der Waals surface area contributed by atoms with Gasteiger partial charge in [-0.15, -0.1) is 0 Å². The third-order valence-electron chi connectivity index (χ3n) is 3.06. The highest BCUT2D eigenvalue weighted by molar-refractivity contribution is 5.02. The maximum absolute atomic E-state index is 5.59. The molecule has 0 spiro atoms. The molecule has 1 aliphatic rings. The molecular formula is C13H23N3O2. The molecule has 1 aromatic rings. The first-order valence-electron chi connectivity index (χ1n) is 6.72. The molecule has 1 saturated heterocycles. The van der Waals surface area contributed by atoms with Crippen molar-refractivity contribution >= 4 is 0 Å². The van der Waals surface area contributed by atoms with Crippen LogP contribution < -0.4 is 5.32 Å². The van der Waals surface area contributed by atoms with Crippen molar-refractivity contribution in [1.82, 2.24) is 15.1 Å². The van der Waals surface area contributed by atoms with E-state index < -0.39 is 0 Å². The van der Waals surface area contributed by atoms with E-state index in [1.54, 1.807) is 0 Å². The van der Waals surface area contributed by atoms with E-state index in [9.17, 15) is 0 Å². The Morgan fingerprint density at radius 1 is 1.61 bits per heavy atom. The lowest BCUT2D eigenvalue weighted by molar-refractivity contribution is 0.0166. The molecule has 0 bridgehead atoms. The van der Waals surface area contributed by atoms with E-state index in [1.807, 2.05) is 24.1 Å². The Kier molecular flexibility index (Phi) is 5.64. The van der Waals surface area contributed by atoms with Crippen molar-refractivity contribution in [3.8, 4) is 0 Å². The Labute approximate surface area is 108 Å². The van der Waals surface area contributed by atoms with E-state index in [-0.39, 0.29) is 0 Å². The van der Waals surface area contributed by atoms with Crippen LogP contribution in [0.3, 0.4) is 0 Å². The summed E-state index contributed by atoms with van der Waals surface area (Å²) in [6, 6.07) is 0. The van der Waals surface area contributed by atoms with E-state index in [4.69, 9.17) is 9.47 Å². The molecule has 1 fully saturated rings. The minimum Gasteiger partial charge on any atom is -0.379 e. The summed E-state index contributed by atoms with van der Waals surface area (Å²) in [5.74, 6) is 0. The van der Waals surface area contributed by atoms with Crippen molar-refractivity contribution in [2.45, 2.75) is 31.9 Å². The minimum absolute atomic E-state index is 0.341. The summed E-state index contributed by atoms with van der Waals surface area (Å²) in [6.45, 7) is 4.31. The zero-order chi connectivity index (χ0) is 12.6. The van der Waals surface area contributed by atoms with Crippen molar-refractivity contribution in [2.75, 3.05) is 26.4 Å². The van der Waals surface area contributed by atoms with Crippen molar-refractivity contribution in [1.29, 1.82) is 0 Å². The summed E-state index contributed by atoms with van der Waals surface area (Å²) in [4.78, 5) is 0. The smallest absolute Gasteiger partial charge is 0.0809 e. The van der Waals surface area contributed by atoms with Gasteiger partial charge in [0.15, 0.2) is 0 Å². The first-order valence-corrected chi connectivity index (χ1v) is 6.72. The molecule has 5 nitrogen and oxygen atoms in total. The lowest BCUT2D eigenvalue weighted by Crippen LogP contribution is -2.18. The number of nitrogens with one attached hydrogen (secondary N) is 1. The van der Waals surface area contributed by atoms with E-state index in [0.29, 0.717) is 6.10 Å². The molecule has 2 heterocycles. The summed E-state index contributed by atoms with van der Waals surface area (Å²) in [5.41, 5.74) is 1.22. The molecule has 0 saturated carbocycles. The molecule has 2 rings (SSSR count). The van der Waals surface area contributed by atoms with Crippen LogP contribution in [0.25, 0.3) is 0 Å². The van der Waals surface area contributed by atoms with Crippen LogP contribution >= 0.6 is 0 Å². The average Bonchev–Trinajstić information content (AvgIpc) is 3.00. The number of rotatable bonds is 8. The first kappa shape index (κ1) is 13.5. The van der Waals surface area contributed by atoms with Crippen LogP contribution in [0.2, 0.25) is 0 Å². The maximum atomic E-state index is 5.59. The number of hydrogen-bond acceptors (Lipinski definition) is 4. The molecule has 18 heavy (non-hydrogen) atoms. The van der Waals surface area contributed by atoms with E-state index in [2.05, 4.69) is 10.4 Å². The van der Waals surface area contributed by atoms with E-state index in [1.165, 1.54) is 12.0 Å². The van der Waals surface area contributed by atoms with Crippen LogP contribution in [-0.2, 0) is 23.1 Å². The standard InChI is InChI=1S/C13H23N3O2/c1-16-10-12(9-15-16)8-14-5-3-6-17-11-13-4-2-7-18-13/h9-10,13-14H,2-8,11H2,1H3. The SMILES string of the molecule is Cn1cc(CNCCCOCC2CCCO2)cn1. The Hall–Kier alpha value is -0.910. The lowest BCUT2D eigenvalue weighted by atomic mass is 10.2. The van der Waals surface area contributed by atoms with Crippen molar-refractivity contribution in [2.24, 2.45) is 7.05 Å². The molecule has 1 aliphatic heterocycles. The zero-order valence-corrected chi connectivity index (χ0v) is 11.1. The lowest BCUT2D eigenvalue weighted by Gasteiger charge is -2.10. The van der Waals surface area contributed by atoms with Crippen molar-refractivity contribution in [3.05, 3.63) is 18.0 Å². The topological polar surface area (TPSA) is 48.3 Å². The van der Waals surface area contributed by atoms with Crippen molar-refractivity contribution < 1.29 is 9.47 Å². The number of aromatic nitrogens is 2. The number of aryl methyl sites for hydroxylation is 1. The second-order valence-electron chi connectivity index (χ2n) is 4.76. The predicted octanol–water partition coefficient (Wildman–Crippen LogP) is 1.10. The van der Waals surface area contributed by atoms with E-state index >= 15 is 0 Å². The maximum Gasteiger partial charge on any atom is 0.0809 e. The predicted molar refractivity (Wildman–Crippen MR) is 69.3 cm³/mol. The van der Waals surface area contributed by atoms with Gasteiger partial charge in [0.25, 0.3) is 0 Å². The Balaban J connectivity index is 1.41. The summed E-state index contributed by atoms with van der Waals surface area (Å²) in [5, 5.41) is 7.51. The number of hydrogen-bond donors (Lipinski definition) is 1. The van der Waals surface area contributed by atoms with Gasteiger partial charge in [0, 0.05) is 38.6 Å². The fraction of sp³-hybridized carbons (Fsp3) is 0.769.